The van der Waals surface area contributed by atoms with Gasteiger partial charge in [0.1, 0.15) is 10.6 Å². The number of hydrogen-bond acceptors (Lipinski definition) is 4. The highest BCUT2D eigenvalue weighted by Crippen LogP contribution is 2.13. The van der Waals surface area contributed by atoms with Gasteiger partial charge in [-0.2, -0.15) is 0 Å². The fourth-order valence-corrected chi connectivity index (χ4v) is 2.35. The fourth-order valence-electron chi connectivity index (χ4n) is 1.55. The summed E-state index contributed by atoms with van der Waals surface area (Å²) in [6.07, 6.45) is 0.722. The molecule has 1 unspecified atom stereocenters. The third kappa shape index (κ3) is 3.81. The summed E-state index contributed by atoms with van der Waals surface area (Å²) in [5.41, 5.74) is 0.217. The van der Waals surface area contributed by atoms with Crippen LogP contribution in [-0.2, 0) is 17.1 Å². The average Bonchev–Trinajstić information content (AvgIpc) is 2.78. The van der Waals surface area contributed by atoms with E-state index in [9.17, 15) is 18.3 Å². The summed E-state index contributed by atoms with van der Waals surface area (Å²) in [6.45, 7) is 3.81. The average molecular weight is 303 g/mol. The number of nitrogens with one attached hydrogen (secondary N) is 2. The second-order valence-electron chi connectivity index (χ2n) is 4.90. The van der Waals surface area contributed by atoms with E-state index in [1.807, 2.05) is 13.8 Å². The maximum atomic E-state index is 12.0. The van der Waals surface area contributed by atoms with Crippen LogP contribution in [0.2, 0.25) is 0 Å². The second-order valence-corrected chi connectivity index (χ2v) is 6.79. The molecule has 0 saturated carbocycles. The van der Waals surface area contributed by atoms with E-state index in [2.05, 4.69) is 10.0 Å². The maximum Gasteiger partial charge on any atom is 0.268 e. The topological polar surface area (TPSA) is 100 Å². The Morgan fingerprint density at radius 2 is 2.05 bits per heavy atom. The first kappa shape index (κ1) is 16.7. The summed E-state index contributed by atoms with van der Waals surface area (Å²) in [5, 5.41) is 12.2. The summed E-state index contributed by atoms with van der Waals surface area (Å²) in [5.74, 6) is -0.395. The molecule has 0 bridgehead atoms. The molecule has 1 heterocycles. The summed E-state index contributed by atoms with van der Waals surface area (Å²) in [4.78, 5) is 12.0. The first-order chi connectivity index (χ1) is 9.19. The Morgan fingerprint density at radius 1 is 1.45 bits per heavy atom. The van der Waals surface area contributed by atoms with E-state index in [0.717, 1.165) is 0 Å². The number of nitrogens with zero attached hydrogens (tertiary/aromatic N) is 1. The van der Waals surface area contributed by atoms with E-state index in [-0.39, 0.29) is 23.1 Å². The molecule has 7 nitrogen and oxygen atoms in total. The minimum Gasteiger partial charge on any atom is -0.391 e. The largest absolute Gasteiger partial charge is 0.391 e. The molecule has 1 rings (SSSR count). The van der Waals surface area contributed by atoms with Crippen molar-refractivity contribution in [3.8, 4) is 0 Å². The third-order valence-electron chi connectivity index (χ3n) is 3.03. The first-order valence-electron chi connectivity index (χ1n) is 6.25. The van der Waals surface area contributed by atoms with Crippen LogP contribution in [0.25, 0.3) is 0 Å². The molecule has 0 aliphatic rings. The number of aryl methyl sites for hydroxylation is 1. The van der Waals surface area contributed by atoms with Gasteiger partial charge in [-0.05, 0) is 19.0 Å². The molecule has 3 N–H and O–H groups in total. The van der Waals surface area contributed by atoms with Crippen molar-refractivity contribution in [3.05, 3.63) is 18.0 Å². The van der Waals surface area contributed by atoms with E-state index in [4.69, 9.17) is 0 Å². The molecule has 1 atom stereocenters. The van der Waals surface area contributed by atoms with E-state index in [0.29, 0.717) is 0 Å². The van der Waals surface area contributed by atoms with Crippen LogP contribution in [0, 0.1) is 5.92 Å². The van der Waals surface area contributed by atoms with Crippen molar-refractivity contribution >= 4 is 15.9 Å². The molecule has 0 spiro atoms. The molecule has 0 aromatic carbocycles. The van der Waals surface area contributed by atoms with E-state index < -0.39 is 22.0 Å². The van der Waals surface area contributed by atoms with Crippen molar-refractivity contribution in [1.82, 2.24) is 14.6 Å². The zero-order valence-corrected chi connectivity index (χ0v) is 12.9. The van der Waals surface area contributed by atoms with Gasteiger partial charge in [0.15, 0.2) is 0 Å². The molecule has 0 radical (unpaired) electrons. The smallest absolute Gasteiger partial charge is 0.268 e. The molecule has 0 fully saturated rings. The number of carbonyl (C=O) groups excluding carboxylic acids is 1. The molecule has 1 amide bonds. The molecular formula is C12H21N3O4S. The van der Waals surface area contributed by atoms with Crippen molar-refractivity contribution in [3.63, 3.8) is 0 Å². The van der Waals surface area contributed by atoms with Crippen molar-refractivity contribution in [1.29, 1.82) is 0 Å². The van der Waals surface area contributed by atoms with Gasteiger partial charge in [0.2, 0.25) is 10.0 Å². The van der Waals surface area contributed by atoms with E-state index in [1.165, 1.54) is 23.9 Å². The predicted molar refractivity (Wildman–Crippen MR) is 74.8 cm³/mol. The molecule has 114 valence electrons. The minimum absolute atomic E-state index is 0.0251. The minimum atomic E-state index is -3.58. The normalized spacial score (nSPS) is 13.5. The Labute approximate surface area is 119 Å². The number of amides is 1. The Balaban J connectivity index is 2.85. The van der Waals surface area contributed by atoms with Gasteiger partial charge >= 0.3 is 0 Å². The van der Waals surface area contributed by atoms with Crippen LogP contribution in [0.5, 0.6) is 0 Å². The summed E-state index contributed by atoms with van der Waals surface area (Å²) in [7, 11) is -0.686. The van der Waals surface area contributed by atoms with Crippen LogP contribution in [0.1, 0.15) is 24.3 Å². The fraction of sp³-hybridized carbons (Fsp3) is 0.583. The number of sulfonamides is 1. The molecule has 0 aliphatic carbocycles. The molecule has 20 heavy (non-hydrogen) atoms. The quantitative estimate of drug-likeness (QED) is 0.670. The number of carbonyl (C=O) groups is 1. The van der Waals surface area contributed by atoms with Crippen molar-refractivity contribution < 1.29 is 18.3 Å². The van der Waals surface area contributed by atoms with Gasteiger partial charge < -0.3 is 15.0 Å². The summed E-state index contributed by atoms with van der Waals surface area (Å²) >= 11 is 0. The van der Waals surface area contributed by atoms with E-state index >= 15 is 0 Å². The van der Waals surface area contributed by atoms with Gasteiger partial charge in [-0.15, -0.1) is 0 Å². The first-order valence-corrected chi connectivity index (χ1v) is 7.73. The molecule has 1 aromatic rings. The highest BCUT2D eigenvalue weighted by atomic mass is 32.2. The Kier molecular flexibility index (Phi) is 5.32. The van der Waals surface area contributed by atoms with Crippen molar-refractivity contribution in [2.75, 3.05) is 13.6 Å². The molecule has 8 heteroatoms. The molecule has 0 saturated heterocycles. The number of aliphatic hydroxyl groups excluding tert-OH is 1. The lowest BCUT2D eigenvalue weighted by Gasteiger charge is -2.15. The van der Waals surface area contributed by atoms with Crippen LogP contribution >= 0.6 is 0 Å². The summed E-state index contributed by atoms with van der Waals surface area (Å²) in [6, 6.07) is 1.29. The lowest BCUT2D eigenvalue weighted by atomic mass is 10.1. The van der Waals surface area contributed by atoms with Crippen LogP contribution in [-0.4, -0.2) is 43.7 Å². The van der Waals surface area contributed by atoms with Gasteiger partial charge in [-0.1, -0.05) is 13.8 Å². The highest BCUT2D eigenvalue weighted by molar-refractivity contribution is 7.89. The number of rotatable bonds is 6. The second kappa shape index (κ2) is 6.38. The van der Waals surface area contributed by atoms with Crippen LogP contribution in [0.3, 0.4) is 0 Å². The van der Waals surface area contributed by atoms with E-state index in [1.54, 1.807) is 7.05 Å². The zero-order valence-electron chi connectivity index (χ0n) is 12.0. The maximum absolute atomic E-state index is 12.0. The van der Waals surface area contributed by atoms with Gasteiger partial charge in [-0.25, -0.2) is 13.1 Å². The van der Waals surface area contributed by atoms with Gasteiger partial charge in [0, 0.05) is 19.8 Å². The van der Waals surface area contributed by atoms with Gasteiger partial charge in [0.25, 0.3) is 5.91 Å². The SMILES string of the molecule is CNS(=O)(=O)c1cc(C(=O)NCC(O)C(C)C)n(C)c1. The lowest BCUT2D eigenvalue weighted by molar-refractivity contribution is 0.0864. The van der Waals surface area contributed by atoms with Gasteiger partial charge in [0.05, 0.1) is 6.10 Å². The number of aromatic nitrogens is 1. The predicted octanol–water partition coefficient (Wildman–Crippen LogP) is -0.320. The van der Waals surface area contributed by atoms with Crippen molar-refractivity contribution in [2.24, 2.45) is 13.0 Å². The standard InChI is InChI=1S/C12H21N3O4S/c1-8(2)11(16)6-14-12(17)10-5-9(7-15(10)4)20(18,19)13-3/h5,7-8,11,13,16H,6H2,1-4H3,(H,14,17). The zero-order chi connectivity index (χ0) is 15.5. The summed E-state index contributed by atoms with van der Waals surface area (Å²) < 4.78 is 26.9. The van der Waals surface area contributed by atoms with Crippen molar-refractivity contribution in [2.45, 2.75) is 24.8 Å². The number of hydrogen-bond donors (Lipinski definition) is 3. The Bertz CT molecular complexity index is 578. The van der Waals surface area contributed by atoms with Crippen LogP contribution < -0.4 is 10.0 Å². The third-order valence-corrected chi connectivity index (χ3v) is 4.41. The molecular weight excluding hydrogens is 282 g/mol. The van der Waals surface area contributed by atoms with Crippen LogP contribution in [0.15, 0.2) is 17.2 Å². The lowest BCUT2D eigenvalue weighted by Crippen LogP contribution is -2.35. The number of aliphatic hydroxyl groups is 1. The molecule has 0 aliphatic heterocycles. The monoisotopic (exact) mass is 303 g/mol. The van der Waals surface area contributed by atoms with Gasteiger partial charge in [-0.3, -0.25) is 4.79 Å². The Hall–Kier alpha value is -1.38. The molecule has 1 aromatic heterocycles. The Morgan fingerprint density at radius 3 is 2.55 bits per heavy atom. The highest BCUT2D eigenvalue weighted by Gasteiger charge is 2.19. The van der Waals surface area contributed by atoms with Crippen LogP contribution in [0.4, 0.5) is 0 Å².